The molecule has 0 bridgehead atoms. The lowest BCUT2D eigenvalue weighted by Crippen LogP contribution is -2.49. The normalized spacial score (nSPS) is 14.0. The average Bonchev–Trinajstić information content (AvgIpc) is 3.33. The van der Waals surface area contributed by atoms with E-state index in [-0.39, 0.29) is 108 Å². The Bertz CT molecular complexity index is 3640. The van der Waals surface area contributed by atoms with Crippen molar-refractivity contribution < 1.29 is 67.3 Å². The molecule has 1 fully saturated rings. The van der Waals surface area contributed by atoms with E-state index >= 15 is 0 Å². The molecule has 1 saturated heterocycles. The van der Waals surface area contributed by atoms with Crippen LogP contribution < -0.4 is 42.6 Å². The van der Waals surface area contributed by atoms with Crippen LogP contribution in [-0.4, -0.2) is 177 Å². The fourth-order valence-corrected chi connectivity index (χ4v) is 10.4. The van der Waals surface area contributed by atoms with E-state index < -0.39 is 89.4 Å². The van der Waals surface area contributed by atoms with Crippen molar-refractivity contribution in [3.63, 3.8) is 0 Å². The summed E-state index contributed by atoms with van der Waals surface area (Å²) >= 11 is 0.922. The molecular weight excluding hydrogens is 1130 g/mol. The number of amides is 8. The van der Waals surface area contributed by atoms with Crippen molar-refractivity contribution in [2.24, 2.45) is 17.2 Å². The van der Waals surface area contributed by atoms with Gasteiger partial charge >= 0.3 is 11.9 Å². The van der Waals surface area contributed by atoms with Crippen LogP contribution in [0.4, 0.5) is 11.9 Å². The molecule has 4 aromatic heterocycles. The number of esters is 1. The summed E-state index contributed by atoms with van der Waals surface area (Å²) in [7, 11) is 3.95. The molecule has 7 rings (SSSR count). The van der Waals surface area contributed by atoms with E-state index in [2.05, 4.69) is 31.1 Å². The lowest BCUT2D eigenvalue weighted by atomic mass is 10.1. The summed E-state index contributed by atoms with van der Waals surface area (Å²) in [6, 6.07) is 6.37. The van der Waals surface area contributed by atoms with Crippen molar-refractivity contribution in [1.29, 1.82) is 0 Å². The monoisotopic (exact) mass is 1190 g/mol. The Balaban J connectivity index is 1.13. The number of benzene rings is 2. The first-order chi connectivity index (χ1) is 40.5. The molecule has 0 spiro atoms. The van der Waals surface area contributed by atoms with Crippen LogP contribution in [0.2, 0.25) is 0 Å². The van der Waals surface area contributed by atoms with E-state index in [9.17, 15) is 47.9 Å². The number of imidazole rings is 2. The lowest BCUT2D eigenvalue weighted by molar-refractivity contribution is -0.145. The predicted octanol–water partition coefficient (Wildman–Crippen LogP) is 1.34. The van der Waals surface area contributed by atoms with Crippen molar-refractivity contribution in [3.8, 4) is 11.5 Å². The molecule has 0 aliphatic carbocycles. The van der Waals surface area contributed by atoms with Gasteiger partial charge in [-0.15, -0.1) is 11.8 Å². The van der Waals surface area contributed by atoms with Crippen molar-refractivity contribution >= 4 is 105 Å². The zero-order valence-corrected chi connectivity index (χ0v) is 48.5. The topological polar surface area (TPSA) is 411 Å². The number of aryl methyl sites for hydroxylation is 4. The summed E-state index contributed by atoms with van der Waals surface area (Å²) in [6.45, 7) is 7.58. The largest absolute Gasteiger partial charge is 0.494 e. The van der Waals surface area contributed by atoms with Gasteiger partial charge in [-0.25, -0.2) is 9.97 Å². The van der Waals surface area contributed by atoms with E-state index in [1.165, 1.54) is 48.0 Å². The molecule has 2 aromatic carbocycles. The number of hydrogen-bond acceptors (Lipinski definition) is 19. The number of nitrogens with zero attached hydrogens (tertiary/aromatic N) is 10. The highest BCUT2D eigenvalue weighted by Crippen LogP contribution is 2.34. The molecule has 0 saturated carbocycles. The molecule has 1 aliphatic rings. The maximum atomic E-state index is 14.0. The number of rotatable bonds is 29. The number of carboxylic acids is 1. The lowest BCUT2D eigenvalue weighted by Gasteiger charge is -2.24. The van der Waals surface area contributed by atoms with Crippen molar-refractivity contribution in [3.05, 3.63) is 82.5 Å². The Labute approximate surface area is 489 Å². The molecule has 8 amide bonds. The number of carbonyl (C=O) groups excluding carboxylic acids is 9. The Morgan fingerprint density at radius 2 is 1.34 bits per heavy atom. The highest BCUT2D eigenvalue weighted by Gasteiger charge is 2.40. The molecule has 0 radical (unpaired) electrons. The van der Waals surface area contributed by atoms with Gasteiger partial charge in [0.05, 0.1) is 54.9 Å². The summed E-state index contributed by atoms with van der Waals surface area (Å²) in [5, 5.41) is 25.3. The van der Waals surface area contributed by atoms with Crippen LogP contribution in [0.1, 0.15) is 92.6 Å². The van der Waals surface area contributed by atoms with Gasteiger partial charge in [-0.1, -0.05) is 12.2 Å². The van der Waals surface area contributed by atoms with E-state index in [0.29, 0.717) is 35.5 Å². The minimum atomic E-state index is -1.42. The highest BCUT2D eigenvalue weighted by molar-refractivity contribution is 8.00. The fourth-order valence-electron chi connectivity index (χ4n) is 9.29. The molecule has 452 valence electrons. The summed E-state index contributed by atoms with van der Waals surface area (Å²) in [6.07, 6.45) is 2.44. The van der Waals surface area contributed by atoms with Gasteiger partial charge in [-0.05, 0) is 70.5 Å². The minimum absolute atomic E-state index is 0.00210. The number of anilines is 2. The number of hydrogen-bond donors (Lipinski definition) is 7. The number of likely N-dealkylation sites (tertiary alicyclic amines) is 1. The Kier molecular flexibility index (Phi) is 20.5. The molecule has 10 N–H and O–H groups in total. The van der Waals surface area contributed by atoms with Crippen molar-refractivity contribution in [1.82, 2.24) is 53.8 Å². The number of aliphatic carboxylic acids is 1. The summed E-state index contributed by atoms with van der Waals surface area (Å²) in [5.41, 5.74) is 20.1. The third-order valence-electron chi connectivity index (χ3n) is 13.5. The first-order valence-corrected chi connectivity index (χ1v) is 27.8. The Hall–Kier alpha value is -9.65. The number of carboxylic acid groups (broad SMARTS) is 1. The number of imide groups is 1. The quantitative estimate of drug-likeness (QED) is 0.0151. The number of nitrogens with one attached hydrogen (secondary N) is 3. The van der Waals surface area contributed by atoms with E-state index in [4.69, 9.17) is 41.5 Å². The number of nitrogens with two attached hydrogens (primary N) is 3. The first-order valence-electron chi connectivity index (χ1n) is 26.7. The molecule has 30 nitrogen and oxygen atoms in total. The number of methoxy groups -OCH3 is 2. The molecule has 3 atom stereocenters. The third kappa shape index (κ3) is 14.8. The van der Waals surface area contributed by atoms with E-state index in [0.717, 1.165) is 23.8 Å². The molecule has 6 aromatic rings. The third-order valence-corrected chi connectivity index (χ3v) is 14.8. The van der Waals surface area contributed by atoms with Crippen LogP contribution in [0, 0.1) is 13.8 Å². The number of likely N-dealkylation sites (N-methyl/N-ethyl adjacent to an activating group) is 1. The summed E-state index contributed by atoms with van der Waals surface area (Å²) in [5.74, 6) is -6.96. The van der Waals surface area contributed by atoms with Crippen molar-refractivity contribution in [2.45, 2.75) is 96.9 Å². The number of fused-ring (bicyclic) bond motifs is 2. The van der Waals surface area contributed by atoms with Crippen LogP contribution in [0.15, 0.2) is 48.6 Å². The zero-order valence-electron chi connectivity index (χ0n) is 47.7. The second kappa shape index (κ2) is 27.6. The van der Waals surface area contributed by atoms with Gasteiger partial charge in [-0.2, -0.15) is 10.2 Å². The fraction of sp³-hybridized carbons (Fsp3) is 0.407. The number of carbonyl (C=O) groups is 10. The molecule has 5 heterocycles. The molecule has 1 aliphatic heterocycles. The Morgan fingerprint density at radius 1 is 0.812 bits per heavy atom. The number of allylic oxidation sites excluding steroid dienone is 2. The van der Waals surface area contributed by atoms with Crippen LogP contribution in [0.25, 0.3) is 22.1 Å². The van der Waals surface area contributed by atoms with Gasteiger partial charge in [0.1, 0.15) is 46.0 Å². The van der Waals surface area contributed by atoms with Crippen LogP contribution >= 0.6 is 11.8 Å². The molecular formula is C54H66N16O14S. The predicted molar refractivity (Wildman–Crippen MR) is 308 cm³/mol. The van der Waals surface area contributed by atoms with Gasteiger partial charge in [0, 0.05) is 76.0 Å². The van der Waals surface area contributed by atoms with E-state index in [1.807, 2.05) is 13.8 Å². The Morgan fingerprint density at radius 3 is 1.84 bits per heavy atom. The second-order valence-corrected chi connectivity index (χ2v) is 20.8. The second-order valence-electron chi connectivity index (χ2n) is 19.5. The zero-order chi connectivity index (χ0) is 62.0. The van der Waals surface area contributed by atoms with Gasteiger partial charge in [0.25, 0.3) is 11.8 Å². The maximum Gasteiger partial charge on any atom is 0.321 e. The van der Waals surface area contributed by atoms with Crippen LogP contribution in [0.3, 0.4) is 0 Å². The number of thioether (sulfide) groups is 1. The standard InChI is InChI=1S/C54H66N16O14S/c1-8-69-36(19-28(3)63-69)48(76)61-53-59-33-21-30(46(56)74)23-38(82-6)44(33)67(53)15-10-11-16-68-45-34(60-54(68)62-49(77)37-20-29(4)64-70(37)9-2)22-31(47(57)75)24-39(45)84-18-12-14-65(5)50(78)35(25-43(73)83-7)58-41(71)13-17-66-42(72)26-40(51(66)79)85-27-32(55)52(80)81/h10-11,19-24,32,35,40H,8-9,12-18,25-27,55H2,1-7H3,(H2,56,74)(H2,57,75)(H,58,71)(H,80,81)(H,59,61,76)(H,60,62,77)/b11-10+/t32-,35-,40?/m0/s1. The number of primary amides is 2. The van der Waals surface area contributed by atoms with Crippen molar-refractivity contribution in [2.75, 3.05) is 57.4 Å². The molecule has 1 unspecified atom stereocenters. The molecule has 31 heteroatoms. The number of ether oxygens (including phenoxy) is 3. The molecule has 85 heavy (non-hydrogen) atoms. The SMILES string of the molecule is CCn1nc(C)cc1C(=O)Nc1nc2cc(C(N)=O)cc(OC)c2n1C/C=C/Cn1c(NC(=O)c2cc(C)nn2CC)nc2cc(C(N)=O)cc(OCCCN(C)C(=O)[C@H](CC(=O)OC)NC(=O)CCN3C(=O)CC(SC[C@H](N)C(=O)O)C3=O)c21. The van der Waals surface area contributed by atoms with Gasteiger partial charge in [0.15, 0.2) is 0 Å². The van der Waals surface area contributed by atoms with Crippen LogP contribution in [-0.2, 0) is 59.7 Å². The first kappa shape index (κ1) is 62.9. The summed E-state index contributed by atoms with van der Waals surface area (Å²) < 4.78 is 23.2. The average molecular weight is 1200 g/mol. The van der Waals surface area contributed by atoms with Gasteiger partial charge in [-0.3, -0.25) is 72.8 Å². The van der Waals surface area contributed by atoms with Gasteiger partial charge in [0.2, 0.25) is 47.3 Å². The van der Waals surface area contributed by atoms with E-state index in [1.54, 1.807) is 51.9 Å². The van der Waals surface area contributed by atoms with Gasteiger partial charge < -0.3 is 55.9 Å². The summed E-state index contributed by atoms with van der Waals surface area (Å²) in [4.78, 5) is 141. The maximum absolute atomic E-state index is 14.0. The van der Waals surface area contributed by atoms with Crippen LogP contribution in [0.5, 0.6) is 11.5 Å². The number of aromatic nitrogens is 8. The highest BCUT2D eigenvalue weighted by atomic mass is 32.2. The minimum Gasteiger partial charge on any atom is -0.494 e. The smallest absolute Gasteiger partial charge is 0.321 e.